The van der Waals surface area contributed by atoms with Gasteiger partial charge in [0.05, 0.1) is 5.69 Å². The topological polar surface area (TPSA) is 42.1 Å². The molecule has 0 atom stereocenters. The second kappa shape index (κ2) is 5.59. The second-order valence-electron chi connectivity index (χ2n) is 5.85. The van der Waals surface area contributed by atoms with Crippen LogP contribution < -0.4 is 10.6 Å². The first-order valence-corrected chi connectivity index (χ1v) is 7.07. The Morgan fingerprint density at radius 3 is 2.61 bits per heavy atom. The van der Waals surface area contributed by atoms with E-state index in [1.165, 1.54) is 25.7 Å². The number of nitrogens with two attached hydrogens (primary N) is 1. The Morgan fingerprint density at radius 1 is 1.33 bits per heavy atom. The third-order valence-corrected chi connectivity index (χ3v) is 3.64. The van der Waals surface area contributed by atoms with Crippen LogP contribution in [0.25, 0.3) is 0 Å². The SMILES string of the molecule is Cc1ccc(N)c(N(CC(C)C)C2CCCC2)n1. The van der Waals surface area contributed by atoms with Crippen LogP contribution in [0.5, 0.6) is 0 Å². The van der Waals surface area contributed by atoms with Crippen LogP contribution in [0.4, 0.5) is 11.5 Å². The lowest BCUT2D eigenvalue weighted by Gasteiger charge is -2.32. The van der Waals surface area contributed by atoms with Crippen molar-refractivity contribution in [3.8, 4) is 0 Å². The van der Waals surface area contributed by atoms with Gasteiger partial charge in [-0.15, -0.1) is 0 Å². The van der Waals surface area contributed by atoms with Crippen molar-refractivity contribution in [3.63, 3.8) is 0 Å². The van der Waals surface area contributed by atoms with Crippen molar-refractivity contribution in [2.24, 2.45) is 5.92 Å². The lowest BCUT2D eigenvalue weighted by Crippen LogP contribution is -2.37. The number of rotatable bonds is 4. The summed E-state index contributed by atoms with van der Waals surface area (Å²) in [6.07, 6.45) is 5.24. The molecule has 0 amide bonds. The maximum atomic E-state index is 6.13. The van der Waals surface area contributed by atoms with Crippen LogP contribution >= 0.6 is 0 Å². The highest BCUT2D eigenvalue weighted by Crippen LogP contribution is 2.31. The Morgan fingerprint density at radius 2 is 2.00 bits per heavy atom. The van der Waals surface area contributed by atoms with Gasteiger partial charge in [0, 0.05) is 18.3 Å². The number of nitrogens with zero attached hydrogens (tertiary/aromatic N) is 2. The van der Waals surface area contributed by atoms with E-state index in [9.17, 15) is 0 Å². The number of hydrogen-bond acceptors (Lipinski definition) is 3. The quantitative estimate of drug-likeness (QED) is 0.887. The summed E-state index contributed by atoms with van der Waals surface area (Å²) in [5.41, 5.74) is 7.99. The minimum Gasteiger partial charge on any atom is -0.396 e. The first-order chi connectivity index (χ1) is 8.58. The number of pyridine rings is 1. The fraction of sp³-hybridized carbons (Fsp3) is 0.667. The lowest BCUT2D eigenvalue weighted by atomic mass is 10.1. The highest BCUT2D eigenvalue weighted by molar-refractivity contribution is 5.63. The van der Waals surface area contributed by atoms with Gasteiger partial charge in [0.15, 0.2) is 5.82 Å². The van der Waals surface area contributed by atoms with Gasteiger partial charge in [-0.05, 0) is 37.8 Å². The van der Waals surface area contributed by atoms with Crippen LogP contribution in [-0.4, -0.2) is 17.6 Å². The summed E-state index contributed by atoms with van der Waals surface area (Å²) < 4.78 is 0. The Balaban J connectivity index is 2.29. The number of nitrogen functional groups attached to an aromatic ring is 1. The normalized spacial score (nSPS) is 16.4. The van der Waals surface area contributed by atoms with E-state index in [2.05, 4.69) is 23.7 Å². The summed E-state index contributed by atoms with van der Waals surface area (Å²) in [5.74, 6) is 1.63. The van der Waals surface area contributed by atoms with Crippen LogP contribution in [0.3, 0.4) is 0 Å². The molecule has 1 saturated carbocycles. The van der Waals surface area contributed by atoms with Gasteiger partial charge in [0.25, 0.3) is 0 Å². The molecule has 1 aliphatic rings. The van der Waals surface area contributed by atoms with Crippen molar-refractivity contribution in [2.45, 2.75) is 52.5 Å². The predicted octanol–water partition coefficient (Wildman–Crippen LogP) is 3.38. The molecule has 100 valence electrons. The molecule has 0 radical (unpaired) electrons. The molecule has 18 heavy (non-hydrogen) atoms. The maximum Gasteiger partial charge on any atom is 0.152 e. The van der Waals surface area contributed by atoms with E-state index in [-0.39, 0.29) is 0 Å². The van der Waals surface area contributed by atoms with Gasteiger partial charge in [-0.3, -0.25) is 0 Å². The van der Waals surface area contributed by atoms with Crippen LogP contribution in [0.1, 0.15) is 45.2 Å². The molecule has 2 N–H and O–H groups in total. The standard InChI is InChI=1S/C15H25N3/c1-11(2)10-18(13-6-4-5-7-13)15-14(16)9-8-12(3)17-15/h8-9,11,13H,4-7,10,16H2,1-3H3. The van der Waals surface area contributed by atoms with Gasteiger partial charge in [-0.25, -0.2) is 4.98 Å². The molecular weight excluding hydrogens is 222 g/mol. The summed E-state index contributed by atoms with van der Waals surface area (Å²) in [6.45, 7) is 7.60. The predicted molar refractivity (Wildman–Crippen MR) is 77.8 cm³/mol. The summed E-state index contributed by atoms with van der Waals surface area (Å²) in [7, 11) is 0. The average Bonchev–Trinajstić information content (AvgIpc) is 2.82. The van der Waals surface area contributed by atoms with Crippen molar-refractivity contribution in [1.29, 1.82) is 0 Å². The van der Waals surface area contributed by atoms with E-state index in [0.717, 1.165) is 23.7 Å². The second-order valence-corrected chi connectivity index (χ2v) is 5.85. The molecule has 0 spiro atoms. The molecule has 3 nitrogen and oxygen atoms in total. The third-order valence-electron chi connectivity index (χ3n) is 3.64. The minimum atomic E-state index is 0.629. The Hall–Kier alpha value is -1.25. The minimum absolute atomic E-state index is 0.629. The molecule has 0 aromatic carbocycles. The van der Waals surface area contributed by atoms with E-state index < -0.39 is 0 Å². The van der Waals surface area contributed by atoms with Crippen LogP contribution in [0.15, 0.2) is 12.1 Å². The van der Waals surface area contributed by atoms with Gasteiger partial charge in [-0.2, -0.15) is 0 Å². The lowest BCUT2D eigenvalue weighted by molar-refractivity contribution is 0.531. The van der Waals surface area contributed by atoms with Crippen LogP contribution in [0, 0.1) is 12.8 Å². The summed E-state index contributed by atoms with van der Waals surface area (Å²) in [6, 6.07) is 4.60. The average molecular weight is 247 g/mol. The molecule has 1 aromatic rings. The zero-order valence-electron chi connectivity index (χ0n) is 11.8. The molecule has 0 bridgehead atoms. The fourth-order valence-electron chi connectivity index (χ4n) is 2.80. The zero-order chi connectivity index (χ0) is 13.1. The Kier molecular flexibility index (Phi) is 4.10. The molecule has 0 saturated heterocycles. The summed E-state index contributed by atoms with van der Waals surface area (Å²) in [4.78, 5) is 7.12. The maximum absolute atomic E-state index is 6.13. The number of aromatic nitrogens is 1. The third kappa shape index (κ3) is 2.95. The smallest absolute Gasteiger partial charge is 0.152 e. The van der Waals surface area contributed by atoms with Gasteiger partial charge in [-0.1, -0.05) is 26.7 Å². The molecule has 3 heteroatoms. The summed E-state index contributed by atoms with van der Waals surface area (Å²) >= 11 is 0. The first-order valence-electron chi connectivity index (χ1n) is 7.07. The van der Waals surface area contributed by atoms with Gasteiger partial charge in [0.1, 0.15) is 0 Å². The van der Waals surface area contributed by atoms with E-state index >= 15 is 0 Å². The molecular formula is C15H25N3. The number of hydrogen-bond donors (Lipinski definition) is 1. The summed E-state index contributed by atoms with van der Waals surface area (Å²) in [5, 5.41) is 0. The van der Waals surface area contributed by atoms with Gasteiger partial charge < -0.3 is 10.6 Å². The van der Waals surface area contributed by atoms with E-state index in [1.54, 1.807) is 0 Å². The van der Waals surface area contributed by atoms with Gasteiger partial charge in [0.2, 0.25) is 0 Å². The first kappa shape index (κ1) is 13.2. The molecule has 1 aromatic heterocycles. The highest BCUT2D eigenvalue weighted by atomic mass is 15.2. The molecule has 1 aliphatic carbocycles. The zero-order valence-corrected chi connectivity index (χ0v) is 11.8. The monoisotopic (exact) mass is 247 g/mol. The number of aryl methyl sites for hydroxylation is 1. The largest absolute Gasteiger partial charge is 0.396 e. The molecule has 1 heterocycles. The molecule has 1 fully saturated rings. The Labute approximate surface area is 110 Å². The fourth-order valence-corrected chi connectivity index (χ4v) is 2.80. The Bertz CT molecular complexity index is 395. The highest BCUT2D eigenvalue weighted by Gasteiger charge is 2.25. The molecule has 0 unspecified atom stereocenters. The van der Waals surface area contributed by atoms with Crippen molar-refractivity contribution >= 4 is 11.5 Å². The van der Waals surface area contributed by atoms with Crippen molar-refractivity contribution in [3.05, 3.63) is 17.8 Å². The van der Waals surface area contributed by atoms with Gasteiger partial charge >= 0.3 is 0 Å². The molecule has 2 rings (SSSR count). The van der Waals surface area contributed by atoms with Crippen molar-refractivity contribution in [2.75, 3.05) is 17.2 Å². The molecule has 0 aliphatic heterocycles. The van der Waals surface area contributed by atoms with Crippen LogP contribution in [0.2, 0.25) is 0 Å². The number of anilines is 2. The van der Waals surface area contributed by atoms with E-state index in [1.807, 2.05) is 19.1 Å². The van der Waals surface area contributed by atoms with E-state index in [0.29, 0.717) is 12.0 Å². The van der Waals surface area contributed by atoms with E-state index in [4.69, 9.17) is 5.73 Å². The van der Waals surface area contributed by atoms with Crippen molar-refractivity contribution < 1.29 is 0 Å². The van der Waals surface area contributed by atoms with Crippen molar-refractivity contribution in [1.82, 2.24) is 4.98 Å². The van der Waals surface area contributed by atoms with Crippen LogP contribution in [-0.2, 0) is 0 Å².